The number of aromatic nitrogens is 4. The van der Waals surface area contributed by atoms with Gasteiger partial charge in [0.2, 0.25) is 5.91 Å². The lowest BCUT2D eigenvalue weighted by Crippen LogP contribution is -2.25. The van der Waals surface area contributed by atoms with Crippen molar-refractivity contribution in [3.8, 4) is 0 Å². The maximum atomic E-state index is 12.5. The van der Waals surface area contributed by atoms with Gasteiger partial charge < -0.3 is 4.74 Å². The molecule has 0 unspecified atom stereocenters. The molecule has 0 aliphatic rings. The first-order valence-corrected chi connectivity index (χ1v) is 11.7. The Hall–Kier alpha value is -3.92. The number of nitrogens with zero attached hydrogens (tertiary/aromatic N) is 5. The van der Waals surface area contributed by atoms with Crippen molar-refractivity contribution >= 4 is 44.9 Å². The summed E-state index contributed by atoms with van der Waals surface area (Å²) < 4.78 is 6.46. The zero-order valence-corrected chi connectivity index (χ0v) is 19.6. The van der Waals surface area contributed by atoms with Gasteiger partial charge in [0.15, 0.2) is 5.13 Å². The second kappa shape index (κ2) is 10.3. The Kier molecular flexibility index (Phi) is 7.07. The van der Waals surface area contributed by atoms with Crippen molar-refractivity contribution in [3.05, 3.63) is 75.5 Å². The summed E-state index contributed by atoms with van der Waals surface area (Å²) in [7, 11) is 0. The minimum atomic E-state index is -0.491. The first kappa shape index (κ1) is 23.2. The Morgan fingerprint density at radius 3 is 2.62 bits per heavy atom. The van der Waals surface area contributed by atoms with Crippen molar-refractivity contribution in [3.63, 3.8) is 0 Å². The third-order valence-corrected chi connectivity index (χ3v) is 6.06. The molecular weight excluding hydrogens is 454 g/mol. The molecule has 4 aromatic rings. The predicted molar refractivity (Wildman–Crippen MR) is 129 cm³/mol. The van der Waals surface area contributed by atoms with Gasteiger partial charge in [-0.25, -0.2) is 9.67 Å². The van der Waals surface area contributed by atoms with Crippen LogP contribution in [0, 0.1) is 0 Å². The largest absolute Gasteiger partial charge is 0.459 e. The number of hydrogen-bond donors (Lipinski definition) is 0. The molecule has 0 N–H and O–H groups in total. The molecule has 2 aromatic heterocycles. The normalized spacial score (nSPS) is 10.9. The van der Waals surface area contributed by atoms with Gasteiger partial charge in [0, 0.05) is 12.3 Å². The zero-order chi connectivity index (χ0) is 24.1. The van der Waals surface area contributed by atoms with Crippen molar-refractivity contribution in [2.75, 3.05) is 4.90 Å². The van der Waals surface area contributed by atoms with Crippen LogP contribution in [0.15, 0.2) is 58.7 Å². The minimum Gasteiger partial charge on any atom is -0.459 e. The lowest BCUT2D eigenvalue weighted by molar-refractivity contribution is -0.145. The smallest absolute Gasteiger partial charge is 0.308 e. The number of anilines is 2. The van der Waals surface area contributed by atoms with Gasteiger partial charge in [-0.15, -0.1) is 16.4 Å². The number of aryl methyl sites for hydroxylation is 2. The molecule has 0 saturated heterocycles. The average molecular weight is 478 g/mol. The lowest BCUT2D eigenvalue weighted by atomic mass is 10.1. The first-order valence-electron chi connectivity index (χ1n) is 10.8. The van der Waals surface area contributed by atoms with Gasteiger partial charge >= 0.3 is 5.97 Å². The zero-order valence-electron chi connectivity index (χ0n) is 18.8. The standard InChI is InChI=1S/C24H23N5O4S/c1-3-17-8-10-19(11-9-17)29(16(2)30)24-25-18(15-34-24)14-33-22(31)12-13-28-23(32)20-6-4-5-7-21(20)26-27-28/h4-11,15H,3,12-14H2,1-2H3. The van der Waals surface area contributed by atoms with Crippen LogP contribution in [0.1, 0.15) is 31.5 Å². The van der Waals surface area contributed by atoms with Crippen LogP contribution in [0.5, 0.6) is 0 Å². The van der Waals surface area contributed by atoms with Gasteiger partial charge in [0.25, 0.3) is 5.56 Å². The molecule has 4 rings (SSSR count). The Morgan fingerprint density at radius 2 is 1.88 bits per heavy atom. The fourth-order valence-electron chi connectivity index (χ4n) is 3.37. The van der Waals surface area contributed by atoms with E-state index in [1.165, 1.54) is 28.7 Å². The Morgan fingerprint density at radius 1 is 1.12 bits per heavy atom. The summed E-state index contributed by atoms with van der Waals surface area (Å²) in [4.78, 5) is 42.9. The van der Waals surface area contributed by atoms with Crippen LogP contribution in [0.25, 0.3) is 10.9 Å². The Bertz CT molecular complexity index is 1380. The molecule has 0 bridgehead atoms. The van der Waals surface area contributed by atoms with Crippen molar-refractivity contribution in [2.24, 2.45) is 0 Å². The Labute approximate surface area is 199 Å². The maximum absolute atomic E-state index is 12.5. The van der Waals surface area contributed by atoms with Crippen LogP contribution in [-0.4, -0.2) is 31.9 Å². The van der Waals surface area contributed by atoms with E-state index < -0.39 is 5.97 Å². The molecule has 9 nitrogen and oxygen atoms in total. The molecule has 0 aliphatic carbocycles. The number of ether oxygens (including phenoxy) is 1. The third-order valence-electron chi connectivity index (χ3n) is 5.19. The lowest BCUT2D eigenvalue weighted by Gasteiger charge is -2.18. The number of esters is 1. The number of amides is 1. The second-order valence-corrected chi connectivity index (χ2v) is 8.38. The fraction of sp³-hybridized carbons (Fsp3) is 0.250. The molecule has 2 aromatic carbocycles. The summed E-state index contributed by atoms with van der Waals surface area (Å²) in [6, 6.07) is 14.6. The number of thiazole rings is 1. The summed E-state index contributed by atoms with van der Waals surface area (Å²) in [5, 5.41) is 10.6. The molecule has 1 amide bonds. The first-order chi connectivity index (χ1) is 16.5. The van der Waals surface area contributed by atoms with Crippen LogP contribution in [0.3, 0.4) is 0 Å². The minimum absolute atomic E-state index is 0.0336. The SMILES string of the molecule is CCc1ccc(N(C(C)=O)c2nc(COC(=O)CCn3nnc4ccccc4c3=O)cs2)cc1. The van der Waals surface area contributed by atoms with Crippen molar-refractivity contribution in [2.45, 2.75) is 39.8 Å². The van der Waals surface area contributed by atoms with Crippen molar-refractivity contribution in [1.82, 2.24) is 20.0 Å². The number of fused-ring (bicyclic) bond motifs is 1. The van der Waals surface area contributed by atoms with Gasteiger partial charge in [-0.05, 0) is 36.2 Å². The van der Waals surface area contributed by atoms with Gasteiger partial charge in [0.1, 0.15) is 12.1 Å². The molecule has 0 fully saturated rings. The quantitative estimate of drug-likeness (QED) is 0.357. The summed E-state index contributed by atoms with van der Waals surface area (Å²) in [5.74, 6) is -0.654. The molecule has 0 spiro atoms. The van der Waals surface area contributed by atoms with Crippen LogP contribution in [0.4, 0.5) is 10.8 Å². The maximum Gasteiger partial charge on any atom is 0.308 e. The van der Waals surface area contributed by atoms with Crippen molar-refractivity contribution in [1.29, 1.82) is 0 Å². The highest BCUT2D eigenvalue weighted by Crippen LogP contribution is 2.29. The summed E-state index contributed by atoms with van der Waals surface area (Å²) in [6.07, 6.45) is 0.877. The molecule has 0 radical (unpaired) electrons. The number of benzene rings is 2. The van der Waals surface area contributed by atoms with Gasteiger partial charge in [-0.2, -0.15) is 0 Å². The molecule has 0 atom stereocenters. The average Bonchev–Trinajstić information content (AvgIpc) is 3.31. The van der Waals surface area contributed by atoms with Crippen LogP contribution in [-0.2, 0) is 33.9 Å². The van der Waals surface area contributed by atoms with Gasteiger partial charge in [0.05, 0.1) is 29.7 Å². The van der Waals surface area contributed by atoms with Crippen LogP contribution in [0.2, 0.25) is 0 Å². The second-order valence-electron chi connectivity index (χ2n) is 7.54. The highest BCUT2D eigenvalue weighted by atomic mass is 32.1. The fourth-order valence-corrected chi connectivity index (χ4v) is 4.24. The number of carbonyl (C=O) groups excluding carboxylic acids is 2. The van der Waals surface area contributed by atoms with E-state index in [1.54, 1.807) is 29.6 Å². The van der Waals surface area contributed by atoms with E-state index >= 15 is 0 Å². The van der Waals surface area contributed by atoms with Crippen LogP contribution >= 0.6 is 11.3 Å². The predicted octanol–water partition coefficient (Wildman–Crippen LogP) is 3.63. The molecule has 0 aliphatic heterocycles. The van der Waals surface area contributed by atoms with E-state index in [0.717, 1.165) is 16.8 Å². The Balaban J connectivity index is 1.36. The molecule has 0 saturated carbocycles. The van der Waals surface area contributed by atoms with E-state index in [-0.39, 0.29) is 31.0 Å². The molecule has 2 heterocycles. The summed E-state index contributed by atoms with van der Waals surface area (Å²) in [5.41, 5.74) is 2.64. The molecule has 10 heteroatoms. The molecule has 34 heavy (non-hydrogen) atoms. The monoisotopic (exact) mass is 477 g/mol. The van der Waals surface area contributed by atoms with Gasteiger partial charge in [-0.3, -0.25) is 19.3 Å². The van der Waals surface area contributed by atoms with E-state index in [9.17, 15) is 14.4 Å². The number of rotatable bonds is 8. The molecule has 174 valence electrons. The van der Waals surface area contributed by atoms with E-state index in [2.05, 4.69) is 22.2 Å². The summed E-state index contributed by atoms with van der Waals surface area (Å²) >= 11 is 1.29. The number of carbonyl (C=O) groups is 2. The number of hydrogen-bond acceptors (Lipinski definition) is 8. The highest BCUT2D eigenvalue weighted by Gasteiger charge is 2.18. The van der Waals surface area contributed by atoms with Gasteiger partial charge in [-0.1, -0.05) is 36.4 Å². The van der Waals surface area contributed by atoms with Crippen LogP contribution < -0.4 is 10.5 Å². The highest BCUT2D eigenvalue weighted by molar-refractivity contribution is 7.14. The van der Waals surface area contributed by atoms with E-state index in [1.807, 2.05) is 24.3 Å². The third kappa shape index (κ3) is 5.18. The van der Waals surface area contributed by atoms with E-state index in [4.69, 9.17) is 4.74 Å². The van der Waals surface area contributed by atoms with E-state index in [0.29, 0.717) is 21.7 Å². The summed E-state index contributed by atoms with van der Waals surface area (Å²) in [6.45, 7) is 3.57. The molecular formula is C24H23N5O4S. The topological polar surface area (TPSA) is 107 Å². The van der Waals surface area contributed by atoms with Crippen molar-refractivity contribution < 1.29 is 14.3 Å².